The Morgan fingerprint density at radius 1 is 1.38 bits per heavy atom. The summed E-state index contributed by atoms with van der Waals surface area (Å²) in [5.41, 5.74) is 2.12. The molecule has 1 saturated heterocycles. The summed E-state index contributed by atoms with van der Waals surface area (Å²) in [6, 6.07) is 4.08. The Balaban J connectivity index is 1.50. The van der Waals surface area contributed by atoms with Gasteiger partial charge in [-0.25, -0.2) is 0 Å². The monoisotopic (exact) mass is 282 g/mol. The fourth-order valence-electron chi connectivity index (χ4n) is 3.52. The number of hydrogen-bond donors (Lipinski definition) is 1. The molecule has 108 valence electrons. The van der Waals surface area contributed by atoms with E-state index in [9.17, 15) is 4.79 Å². The SMILES string of the molecule is O=C1C(CNCc2ccco2)=CC2=CC=CC3CCN1C23. The zero-order valence-corrected chi connectivity index (χ0v) is 11.8. The van der Waals surface area contributed by atoms with Crippen molar-refractivity contribution in [2.75, 3.05) is 13.1 Å². The molecule has 1 aliphatic carbocycles. The maximum atomic E-state index is 12.6. The predicted molar refractivity (Wildman–Crippen MR) is 79.3 cm³/mol. The van der Waals surface area contributed by atoms with E-state index in [4.69, 9.17) is 4.42 Å². The predicted octanol–water partition coefficient (Wildman–Crippen LogP) is 2.02. The molecule has 4 nitrogen and oxygen atoms in total. The molecule has 1 fully saturated rings. The van der Waals surface area contributed by atoms with Gasteiger partial charge in [-0.05, 0) is 30.2 Å². The van der Waals surface area contributed by atoms with Crippen LogP contribution >= 0.6 is 0 Å². The minimum absolute atomic E-state index is 0.182. The minimum Gasteiger partial charge on any atom is -0.468 e. The first-order valence-electron chi connectivity index (χ1n) is 7.46. The van der Waals surface area contributed by atoms with Crippen molar-refractivity contribution in [3.63, 3.8) is 0 Å². The first-order chi connectivity index (χ1) is 10.3. The van der Waals surface area contributed by atoms with E-state index in [0.717, 1.165) is 24.3 Å². The van der Waals surface area contributed by atoms with Gasteiger partial charge < -0.3 is 14.6 Å². The molecule has 21 heavy (non-hydrogen) atoms. The third-order valence-electron chi connectivity index (χ3n) is 4.50. The van der Waals surface area contributed by atoms with Gasteiger partial charge in [0, 0.05) is 24.6 Å². The molecular formula is C17H18N2O2. The highest BCUT2D eigenvalue weighted by Gasteiger charge is 2.41. The molecule has 2 atom stereocenters. The van der Waals surface area contributed by atoms with E-state index in [1.165, 1.54) is 5.57 Å². The number of nitrogens with one attached hydrogen (secondary N) is 1. The Morgan fingerprint density at radius 2 is 2.33 bits per heavy atom. The molecule has 1 aromatic rings. The second-order valence-electron chi connectivity index (χ2n) is 5.80. The van der Waals surface area contributed by atoms with Crippen molar-refractivity contribution in [3.05, 3.63) is 59.6 Å². The topological polar surface area (TPSA) is 45.5 Å². The summed E-state index contributed by atoms with van der Waals surface area (Å²) in [5, 5.41) is 3.29. The highest BCUT2D eigenvalue weighted by Crippen LogP contribution is 2.37. The summed E-state index contributed by atoms with van der Waals surface area (Å²) >= 11 is 0. The zero-order valence-electron chi connectivity index (χ0n) is 11.8. The molecular weight excluding hydrogens is 264 g/mol. The van der Waals surface area contributed by atoms with Crippen LogP contribution in [0.15, 0.2) is 58.3 Å². The minimum atomic E-state index is 0.182. The normalized spacial score (nSPS) is 26.7. The van der Waals surface area contributed by atoms with Crippen LogP contribution in [-0.4, -0.2) is 29.9 Å². The Bertz CT molecular complexity index is 640. The lowest BCUT2D eigenvalue weighted by Crippen LogP contribution is -2.44. The van der Waals surface area contributed by atoms with Gasteiger partial charge in [-0.2, -0.15) is 0 Å². The average Bonchev–Trinajstić information content (AvgIpc) is 3.14. The molecule has 4 heteroatoms. The van der Waals surface area contributed by atoms with Crippen LogP contribution in [0.1, 0.15) is 12.2 Å². The number of carbonyl (C=O) groups excluding carboxylic acids is 1. The summed E-state index contributed by atoms with van der Waals surface area (Å²) in [4.78, 5) is 14.6. The second-order valence-corrected chi connectivity index (χ2v) is 5.80. The van der Waals surface area contributed by atoms with Crippen LogP contribution in [-0.2, 0) is 11.3 Å². The second kappa shape index (κ2) is 5.04. The lowest BCUT2D eigenvalue weighted by molar-refractivity contribution is -0.128. The van der Waals surface area contributed by atoms with Crippen molar-refractivity contribution in [2.45, 2.75) is 19.0 Å². The molecule has 2 aliphatic heterocycles. The summed E-state index contributed by atoms with van der Waals surface area (Å²) in [5.74, 6) is 1.57. The number of carbonyl (C=O) groups is 1. The molecule has 0 bridgehead atoms. The zero-order chi connectivity index (χ0) is 14.2. The van der Waals surface area contributed by atoms with Gasteiger partial charge in [0.25, 0.3) is 5.91 Å². The first-order valence-corrected chi connectivity index (χ1v) is 7.46. The van der Waals surface area contributed by atoms with Crippen molar-refractivity contribution in [3.8, 4) is 0 Å². The van der Waals surface area contributed by atoms with E-state index in [2.05, 4.69) is 29.6 Å². The quantitative estimate of drug-likeness (QED) is 0.919. The van der Waals surface area contributed by atoms with Crippen LogP contribution in [0.5, 0.6) is 0 Å². The van der Waals surface area contributed by atoms with Gasteiger partial charge in [-0.3, -0.25) is 4.79 Å². The molecule has 4 rings (SSSR count). The van der Waals surface area contributed by atoms with Crippen molar-refractivity contribution in [1.82, 2.24) is 10.2 Å². The number of allylic oxidation sites excluding steroid dienone is 2. The van der Waals surface area contributed by atoms with Gasteiger partial charge in [0.2, 0.25) is 0 Å². The summed E-state index contributed by atoms with van der Waals surface area (Å²) < 4.78 is 5.29. The van der Waals surface area contributed by atoms with E-state index in [1.54, 1.807) is 6.26 Å². The fraction of sp³-hybridized carbons (Fsp3) is 0.353. The lowest BCUT2D eigenvalue weighted by atomic mass is 9.86. The number of furan rings is 1. The smallest absolute Gasteiger partial charge is 0.251 e. The Morgan fingerprint density at radius 3 is 3.19 bits per heavy atom. The number of hydrogen-bond acceptors (Lipinski definition) is 3. The van der Waals surface area contributed by atoms with E-state index >= 15 is 0 Å². The lowest BCUT2D eigenvalue weighted by Gasteiger charge is -2.34. The van der Waals surface area contributed by atoms with E-state index in [1.807, 2.05) is 17.0 Å². The van der Waals surface area contributed by atoms with Crippen LogP contribution in [0, 0.1) is 5.92 Å². The van der Waals surface area contributed by atoms with Gasteiger partial charge in [0.05, 0.1) is 18.8 Å². The van der Waals surface area contributed by atoms with E-state index < -0.39 is 0 Å². The number of rotatable bonds is 4. The van der Waals surface area contributed by atoms with E-state index in [-0.39, 0.29) is 11.9 Å². The Hall–Kier alpha value is -2.07. The largest absolute Gasteiger partial charge is 0.468 e. The molecule has 3 aliphatic rings. The average molecular weight is 282 g/mol. The van der Waals surface area contributed by atoms with Crippen LogP contribution in [0.4, 0.5) is 0 Å². The Kier molecular flexibility index (Phi) is 3.04. The molecule has 3 heterocycles. The van der Waals surface area contributed by atoms with Crippen LogP contribution in [0.3, 0.4) is 0 Å². The highest BCUT2D eigenvalue weighted by molar-refractivity contribution is 5.97. The van der Waals surface area contributed by atoms with Gasteiger partial charge in [-0.1, -0.05) is 18.2 Å². The van der Waals surface area contributed by atoms with Crippen LogP contribution in [0.2, 0.25) is 0 Å². The fourth-order valence-corrected chi connectivity index (χ4v) is 3.52. The van der Waals surface area contributed by atoms with Crippen molar-refractivity contribution >= 4 is 5.91 Å². The van der Waals surface area contributed by atoms with Crippen molar-refractivity contribution in [2.24, 2.45) is 5.92 Å². The molecule has 0 radical (unpaired) electrons. The molecule has 0 saturated carbocycles. The standard InChI is InChI=1S/C17H18N2O2/c20-17-14(10-18-11-15-5-2-8-21-15)9-13-4-1-3-12-6-7-19(17)16(12)13/h1-5,8-9,12,16,18H,6-7,10-11H2. The third-order valence-corrected chi connectivity index (χ3v) is 4.50. The number of amides is 1. The van der Waals surface area contributed by atoms with Gasteiger partial charge >= 0.3 is 0 Å². The van der Waals surface area contributed by atoms with Gasteiger partial charge in [0.1, 0.15) is 5.76 Å². The highest BCUT2D eigenvalue weighted by atomic mass is 16.3. The van der Waals surface area contributed by atoms with Crippen LogP contribution in [0.25, 0.3) is 0 Å². The maximum Gasteiger partial charge on any atom is 0.251 e. The molecule has 1 N–H and O–H groups in total. The molecule has 1 aromatic heterocycles. The summed E-state index contributed by atoms with van der Waals surface area (Å²) in [7, 11) is 0. The molecule has 1 amide bonds. The van der Waals surface area contributed by atoms with Gasteiger partial charge in [-0.15, -0.1) is 0 Å². The van der Waals surface area contributed by atoms with E-state index in [0.29, 0.717) is 19.0 Å². The van der Waals surface area contributed by atoms with Crippen molar-refractivity contribution in [1.29, 1.82) is 0 Å². The molecule has 0 aromatic carbocycles. The first kappa shape index (κ1) is 12.7. The maximum absolute atomic E-state index is 12.6. The summed E-state index contributed by atoms with van der Waals surface area (Å²) in [6.07, 6.45) is 11.3. The molecule has 2 unspecified atom stereocenters. The van der Waals surface area contributed by atoms with Crippen molar-refractivity contribution < 1.29 is 9.21 Å². The summed E-state index contributed by atoms with van der Waals surface area (Å²) in [6.45, 7) is 2.09. The van der Waals surface area contributed by atoms with Crippen LogP contribution < -0.4 is 5.32 Å². The molecule has 0 spiro atoms. The number of nitrogens with zero attached hydrogens (tertiary/aromatic N) is 1. The third kappa shape index (κ3) is 2.16. The van der Waals surface area contributed by atoms with Gasteiger partial charge in [0.15, 0.2) is 0 Å². The Labute approximate surface area is 123 Å².